The van der Waals surface area contributed by atoms with Crippen LogP contribution in [0.1, 0.15) is 20.8 Å². The van der Waals surface area contributed by atoms with Crippen LogP contribution in [-0.4, -0.2) is 11.1 Å². The van der Waals surface area contributed by atoms with Crippen LogP contribution in [0, 0.1) is 5.53 Å². The Hall–Kier alpha value is -1.06. The van der Waals surface area contributed by atoms with Gasteiger partial charge in [0.05, 0.1) is 0 Å². The standard InChI is InChI=1S/C6H14N4/c1-5(2)10(9-8)4-6(3)7/h4-5,8H,7H2,1-3H3/b6-4+,9-8?. The zero-order chi connectivity index (χ0) is 8.15. The minimum Gasteiger partial charge on any atom is -0.401 e. The third kappa shape index (κ3) is 3.06. The molecular weight excluding hydrogens is 128 g/mol. The summed E-state index contributed by atoms with van der Waals surface area (Å²) in [4.78, 5) is 0. The Kier molecular flexibility index (Phi) is 3.46. The summed E-state index contributed by atoms with van der Waals surface area (Å²) in [6, 6.07) is 0.191. The van der Waals surface area contributed by atoms with E-state index in [0.717, 1.165) is 0 Å². The Morgan fingerprint density at radius 2 is 2.20 bits per heavy atom. The molecule has 4 heteroatoms. The second-order valence-electron chi connectivity index (χ2n) is 2.45. The average molecular weight is 142 g/mol. The van der Waals surface area contributed by atoms with Crippen molar-refractivity contribution >= 4 is 0 Å². The maximum absolute atomic E-state index is 6.73. The Morgan fingerprint density at radius 3 is 2.30 bits per heavy atom. The van der Waals surface area contributed by atoms with Crippen molar-refractivity contribution in [2.24, 2.45) is 11.0 Å². The van der Waals surface area contributed by atoms with Gasteiger partial charge < -0.3 is 5.73 Å². The summed E-state index contributed by atoms with van der Waals surface area (Å²) in [5, 5.41) is 4.75. The van der Waals surface area contributed by atoms with Crippen LogP contribution >= 0.6 is 0 Å². The quantitative estimate of drug-likeness (QED) is 0.463. The van der Waals surface area contributed by atoms with E-state index in [1.807, 2.05) is 13.8 Å². The van der Waals surface area contributed by atoms with E-state index >= 15 is 0 Å². The highest BCUT2D eigenvalue weighted by Crippen LogP contribution is 1.99. The van der Waals surface area contributed by atoms with E-state index in [1.54, 1.807) is 13.1 Å². The molecule has 0 spiro atoms. The Balaban J connectivity index is 4.09. The molecule has 0 amide bonds. The predicted octanol–water partition coefficient (Wildman–Crippen LogP) is 1.46. The van der Waals surface area contributed by atoms with Gasteiger partial charge in [-0.3, -0.25) is 5.01 Å². The van der Waals surface area contributed by atoms with E-state index in [4.69, 9.17) is 11.3 Å². The third-order valence-corrected chi connectivity index (χ3v) is 0.980. The fourth-order valence-electron chi connectivity index (χ4n) is 0.502. The van der Waals surface area contributed by atoms with Gasteiger partial charge in [-0.25, -0.2) is 0 Å². The molecule has 0 aromatic rings. The Bertz CT molecular complexity index is 135. The van der Waals surface area contributed by atoms with Gasteiger partial charge in [0.1, 0.15) is 0 Å². The zero-order valence-electron chi connectivity index (χ0n) is 6.63. The van der Waals surface area contributed by atoms with Gasteiger partial charge in [-0.2, -0.15) is 5.53 Å². The summed E-state index contributed by atoms with van der Waals surface area (Å²) in [7, 11) is 0. The molecule has 0 saturated carbocycles. The highest BCUT2D eigenvalue weighted by molar-refractivity contribution is 4.90. The maximum Gasteiger partial charge on any atom is 0.0480 e. The summed E-state index contributed by atoms with van der Waals surface area (Å²) in [5.74, 6) is 0. The summed E-state index contributed by atoms with van der Waals surface area (Å²) in [5.41, 5.74) is 12.8. The molecule has 4 nitrogen and oxygen atoms in total. The SMILES string of the molecule is C/C(N)=C\N(N=N)C(C)C. The van der Waals surface area contributed by atoms with Crippen molar-refractivity contribution in [2.75, 3.05) is 0 Å². The largest absolute Gasteiger partial charge is 0.401 e. The van der Waals surface area contributed by atoms with E-state index in [1.165, 1.54) is 5.01 Å². The molecule has 58 valence electrons. The molecule has 0 rings (SSSR count). The van der Waals surface area contributed by atoms with E-state index < -0.39 is 0 Å². The first-order valence-electron chi connectivity index (χ1n) is 3.17. The molecule has 0 aliphatic rings. The molecule has 0 fully saturated rings. The van der Waals surface area contributed by atoms with Gasteiger partial charge in [0.15, 0.2) is 0 Å². The van der Waals surface area contributed by atoms with Crippen molar-refractivity contribution in [2.45, 2.75) is 26.8 Å². The smallest absolute Gasteiger partial charge is 0.0480 e. The van der Waals surface area contributed by atoms with Crippen molar-refractivity contribution < 1.29 is 0 Å². The normalized spacial score (nSPS) is 11.8. The van der Waals surface area contributed by atoms with Crippen LogP contribution in [0.5, 0.6) is 0 Å². The van der Waals surface area contributed by atoms with Crippen molar-refractivity contribution in [3.63, 3.8) is 0 Å². The molecule has 10 heavy (non-hydrogen) atoms. The number of nitrogens with zero attached hydrogens (tertiary/aromatic N) is 2. The van der Waals surface area contributed by atoms with Crippen molar-refractivity contribution in [1.82, 2.24) is 5.01 Å². The average Bonchev–Trinajstić information content (AvgIpc) is 1.81. The lowest BCUT2D eigenvalue weighted by Crippen LogP contribution is -2.19. The maximum atomic E-state index is 6.73. The number of hydrogen-bond donors (Lipinski definition) is 2. The highest BCUT2D eigenvalue weighted by Gasteiger charge is 2.00. The van der Waals surface area contributed by atoms with Gasteiger partial charge in [0, 0.05) is 17.9 Å². The first-order valence-corrected chi connectivity index (χ1v) is 3.17. The number of nitrogens with two attached hydrogens (primary N) is 1. The summed E-state index contributed by atoms with van der Waals surface area (Å²) >= 11 is 0. The molecule has 3 N–H and O–H groups in total. The molecule has 0 aliphatic carbocycles. The molecule has 0 atom stereocenters. The summed E-state index contributed by atoms with van der Waals surface area (Å²) < 4.78 is 0. The lowest BCUT2D eigenvalue weighted by molar-refractivity contribution is 0.295. The van der Waals surface area contributed by atoms with Crippen molar-refractivity contribution in [3.8, 4) is 0 Å². The zero-order valence-corrected chi connectivity index (χ0v) is 6.63. The second kappa shape index (κ2) is 3.87. The topological polar surface area (TPSA) is 65.5 Å². The lowest BCUT2D eigenvalue weighted by Gasteiger charge is -2.16. The Labute approximate surface area is 61.2 Å². The van der Waals surface area contributed by atoms with E-state index in [9.17, 15) is 0 Å². The molecule has 0 heterocycles. The molecule has 0 bridgehead atoms. The van der Waals surface area contributed by atoms with Gasteiger partial charge in [-0.1, -0.05) is 5.22 Å². The molecule has 0 aromatic carbocycles. The van der Waals surface area contributed by atoms with Gasteiger partial charge in [0.2, 0.25) is 0 Å². The summed E-state index contributed by atoms with van der Waals surface area (Å²) in [6.07, 6.45) is 1.64. The predicted molar refractivity (Wildman–Crippen MR) is 40.1 cm³/mol. The van der Waals surface area contributed by atoms with Crippen LogP contribution in [0.2, 0.25) is 0 Å². The number of nitrogens with one attached hydrogen (secondary N) is 1. The third-order valence-electron chi connectivity index (χ3n) is 0.980. The fraction of sp³-hybridized carbons (Fsp3) is 0.667. The molecule has 0 unspecified atom stereocenters. The van der Waals surface area contributed by atoms with Crippen LogP contribution in [0.3, 0.4) is 0 Å². The number of hydrogen-bond acceptors (Lipinski definition) is 3. The van der Waals surface area contributed by atoms with Crippen LogP contribution in [0.15, 0.2) is 17.1 Å². The van der Waals surface area contributed by atoms with Gasteiger partial charge in [0.25, 0.3) is 0 Å². The van der Waals surface area contributed by atoms with Crippen molar-refractivity contribution in [1.29, 1.82) is 5.53 Å². The molecule has 0 saturated heterocycles. The lowest BCUT2D eigenvalue weighted by atomic mass is 10.4. The molecular formula is C6H14N4. The monoisotopic (exact) mass is 142 g/mol. The van der Waals surface area contributed by atoms with Crippen LogP contribution in [0.4, 0.5) is 0 Å². The van der Waals surface area contributed by atoms with E-state index in [2.05, 4.69) is 5.22 Å². The summed E-state index contributed by atoms with van der Waals surface area (Å²) in [6.45, 7) is 5.65. The molecule has 0 aliphatic heterocycles. The first-order chi connectivity index (χ1) is 4.57. The minimum atomic E-state index is 0.191. The van der Waals surface area contributed by atoms with Crippen LogP contribution < -0.4 is 5.73 Å². The van der Waals surface area contributed by atoms with E-state index in [-0.39, 0.29) is 6.04 Å². The number of allylic oxidation sites excluding steroid dienone is 1. The van der Waals surface area contributed by atoms with Gasteiger partial charge in [-0.05, 0) is 20.8 Å². The van der Waals surface area contributed by atoms with Crippen LogP contribution in [-0.2, 0) is 0 Å². The first kappa shape index (κ1) is 8.94. The highest BCUT2D eigenvalue weighted by atomic mass is 15.5. The molecule has 0 radical (unpaired) electrons. The van der Waals surface area contributed by atoms with Gasteiger partial charge >= 0.3 is 0 Å². The van der Waals surface area contributed by atoms with Gasteiger partial charge in [-0.15, -0.1) is 0 Å². The molecule has 0 aromatic heterocycles. The second-order valence-corrected chi connectivity index (χ2v) is 2.45. The van der Waals surface area contributed by atoms with E-state index in [0.29, 0.717) is 5.70 Å². The van der Waals surface area contributed by atoms with Crippen molar-refractivity contribution in [3.05, 3.63) is 11.9 Å². The minimum absolute atomic E-state index is 0.191. The Morgan fingerprint density at radius 1 is 1.70 bits per heavy atom. The fourth-order valence-corrected chi connectivity index (χ4v) is 0.502. The number of rotatable bonds is 3. The van der Waals surface area contributed by atoms with Crippen LogP contribution in [0.25, 0.3) is 0 Å².